The average Bonchev–Trinajstić information content (AvgIpc) is 2.42. The number of hydrogen-bond donors (Lipinski definition) is 2. The third-order valence-electron chi connectivity index (χ3n) is 2.77. The molecular formula is C13H14BrN3O3S. The summed E-state index contributed by atoms with van der Waals surface area (Å²) in [5.74, 6) is 0.718. The van der Waals surface area contributed by atoms with Gasteiger partial charge in [-0.1, -0.05) is 0 Å². The number of hydrogen-bond acceptors (Lipinski definition) is 5. The van der Waals surface area contributed by atoms with Crippen molar-refractivity contribution >= 4 is 37.5 Å². The van der Waals surface area contributed by atoms with Crippen LogP contribution >= 0.6 is 15.9 Å². The number of anilines is 2. The minimum atomic E-state index is -3.81. The molecule has 0 atom stereocenters. The Labute approximate surface area is 131 Å². The molecule has 0 fully saturated rings. The van der Waals surface area contributed by atoms with Crippen LogP contribution in [0.4, 0.5) is 11.5 Å². The molecule has 0 aliphatic heterocycles. The quantitative estimate of drug-likeness (QED) is 0.805. The zero-order valence-electron chi connectivity index (χ0n) is 11.4. The Morgan fingerprint density at radius 1 is 1.29 bits per heavy atom. The number of benzene rings is 1. The smallest absolute Gasteiger partial charge is 0.265 e. The van der Waals surface area contributed by atoms with E-state index in [2.05, 4.69) is 25.6 Å². The number of ether oxygens (including phenoxy) is 1. The molecule has 112 valence electrons. The molecule has 0 amide bonds. The Hall–Kier alpha value is -1.80. The van der Waals surface area contributed by atoms with E-state index in [9.17, 15) is 8.42 Å². The molecule has 0 bridgehead atoms. The molecule has 6 nitrogen and oxygen atoms in total. The number of pyridine rings is 1. The van der Waals surface area contributed by atoms with E-state index >= 15 is 0 Å². The molecule has 2 aromatic rings. The van der Waals surface area contributed by atoms with E-state index in [1.54, 1.807) is 19.1 Å². The van der Waals surface area contributed by atoms with Crippen LogP contribution in [0.15, 0.2) is 39.7 Å². The molecule has 1 aromatic heterocycles. The predicted octanol–water partition coefficient (Wildman–Crippen LogP) is 2.54. The molecule has 1 heterocycles. The lowest BCUT2D eigenvalue weighted by molar-refractivity contribution is 0.414. The van der Waals surface area contributed by atoms with Gasteiger partial charge in [0.1, 0.15) is 16.5 Å². The molecule has 0 saturated heterocycles. The lowest BCUT2D eigenvalue weighted by atomic mass is 10.3. The Morgan fingerprint density at radius 2 is 2.00 bits per heavy atom. The van der Waals surface area contributed by atoms with Gasteiger partial charge in [-0.25, -0.2) is 13.4 Å². The number of aromatic nitrogens is 1. The molecule has 0 radical (unpaired) electrons. The maximum Gasteiger partial charge on any atom is 0.265 e. The van der Waals surface area contributed by atoms with E-state index in [0.29, 0.717) is 11.4 Å². The van der Waals surface area contributed by atoms with E-state index in [-0.39, 0.29) is 16.4 Å². The summed E-state index contributed by atoms with van der Waals surface area (Å²) in [5, 5.41) is 0. The summed E-state index contributed by atoms with van der Waals surface area (Å²) in [6, 6.07) is 7.66. The van der Waals surface area contributed by atoms with Gasteiger partial charge < -0.3 is 10.5 Å². The van der Waals surface area contributed by atoms with Crippen molar-refractivity contribution in [2.24, 2.45) is 0 Å². The van der Waals surface area contributed by atoms with Gasteiger partial charge in [0.05, 0.1) is 18.5 Å². The number of sulfonamides is 1. The molecule has 3 N–H and O–H groups in total. The van der Waals surface area contributed by atoms with Crippen molar-refractivity contribution in [3.63, 3.8) is 0 Å². The van der Waals surface area contributed by atoms with Crippen LogP contribution in [0.5, 0.6) is 5.75 Å². The van der Waals surface area contributed by atoms with Crippen LogP contribution in [0.2, 0.25) is 0 Å². The molecule has 0 aliphatic carbocycles. The van der Waals surface area contributed by atoms with E-state index in [1.807, 2.05) is 0 Å². The Kier molecular flexibility index (Phi) is 4.38. The lowest BCUT2D eigenvalue weighted by Crippen LogP contribution is -2.16. The Balaban J connectivity index is 2.36. The summed E-state index contributed by atoms with van der Waals surface area (Å²) in [6.07, 6.45) is 0. The lowest BCUT2D eigenvalue weighted by Gasteiger charge is -2.11. The second-order valence-electron chi connectivity index (χ2n) is 4.27. The fraction of sp³-hybridized carbons (Fsp3) is 0.154. The highest BCUT2D eigenvalue weighted by molar-refractivity contribution is 9.10. The molecule has 0 saturated carbocycles. The summed E-state index contributed by atoms with van der Waals surface area (Å²) in [6.45, 7) is 1.77. The molecule has 2 rings (SSSR count). The topological polar surface area (TPSA) is 94.3 Å². The highest BCUT2D eigenvalue weighted by atomic mass is 79.9. The largest absolute Gasteiger partial charge is 0.497 e. The van der Waals surface area contributed by atoms with Crippen LogP contribution in [-0.2, 0) is 10.0 Å². The third kappa shape index (κ3) is 3.45. The standard InChI is InChI=1S/C13H14BrN3O3S/c1-8-10(14)4-6-13(16-8)17-21(18,19)12-5-3-9(20-2)7-11(12)15/h3-7H,15H2,1-2H3,(H,16,17). The van der Waals surface area contributed by atoms with Crippen molar-refractivity contribution in [3.8, 4) is 5.75 Å². The summed E-state index contributed by atoms with van der Waals surface area (Å²) in [4.78, 5) is 4.12. The number of halogens is 1. The minimum Gasteiger partial charge on any atom is -0.497 e. The average molecular weight is 372 g/mol. The molecule has 8 heteroatoms. The second kappa shape index (κ2) is 5.90. The van der Waals surface area contributed by atoms with Gasteiger partial charge in [0, 0.05) is 10.5 Å². The fourth-order valence-corrected chi connectivity index (χ4v) is 3.03. The van der Waals surface area contributed by atoms with Crippen LogP contribution in [-0.4, -0.2) is 20.5 Å². The van der Waals surface area contributed by atoms with Crippen molar-refractivity contribution in [2.45, 2.75) is 11.8 Å². The number of nitrogens with two attached hydrogens (primary N) is 1. The van der Waals surface area contributed by atoms with Crippen molar-refractivity contribution in [3.05, 3.63) is 40.5 Å². The van der Waals surface area contributed by atoms with Crippen LogP contribution in [0.1, 0.15) is 5.69 Å². The maximum atomic E-state index is 12.3. The van der Waals surface area contributed by atoms with Crippen molar-refractivity contribution in [1.82, 2.24) is 4.98 Å². The summed E-state index contributed by atoms with van der Waals surface area (Å²) in [5.41, 5.74) is 6.55. The molecule has 21 heavy (non-hydrogen) atoms. The first kappa shape index (κ1) is 15.6. The van der Waals surface area contributed by atoms with Gasteiger partial charge in [-0.3, -0.25) is 4.72 Å². The van der Waals surface area contributed by atoms with Gasteiger partial charge >= 0.3 is 0 Å². The molecular weight excluding hydrogens is 358 g/mol. The van der Waals surface area contributed by atoms with Gasteiger partial charge in [-0.05, 0) is 47.1 Å². The number of nitrogen functional groups attached to an aromatic ring is 1. The van der Waals surface area contributed by atoms with Gasteiger partial charge in [-0.2, -0.15) is 0 Å². The van der Waals surface area contributed by atoms with E-state index in [0.717, 1.165) is 4.47 Å². The highest BCUT2D eigenvalue weighted by Gasteiger charge is 2.19. The Bertz CT molecular complexity index is 778. The van der Waals surface area contributed by atoms with Crippen LogP contribution in [0.3, 0.4) is 0 Å². The molecule has 0 aliphatic rings. The molecule has 0 unspecified atom stereocenters. The van der Waals surface area contributed by atoms with Gasteiger partial charge in [-0.15, -0.1) is 0 Å². The molecule has 1 aromatic carbocycles. The van der Waals surface area contributed by atoms with Crippen LogP contribution in [0, 0.1) is 6.92 Å². The number of rotatable bonds is 4. The summed E-state index contributed by atoms with van der Waals surface area (Å²) in [7, 11) is -2.33. The Morgan fingerprint density at radius 3 is 2.57 bits per heavy atom. The van der Waals surface area contributed by atoms with Gasteiger partial charge in [0.15, 0.2) is 0 Å². The monoisotopic (exact) mass is 371 g/mol. The van der Waals surface area contributed by atoms with Gasteiger partial charge in [0.25, 0.3) is 10.0 Å². The van der Waals surface area contributed by atoms with Crippen molar-refractivity contribution < 1.29 is 13.2 Å². The summed E-state index contributed by atoms with van der Waals surface area (Å²) < 4.78 is 32.9. The zero-order chi connectivity index (χ0) is 15.6. The SMILES string of the molecule is COc1ccc(S(=O)(=O)Nc2ccc(Br)c(C)n2)c(N)c1. The number of nitrogens with zero attached hydrogens (tertiary/aromatic N) is 1. The van der Waals surface area contributed by atoms with E-state index < -0.39 is 10.0 Å². The third-order valence-corrected chi connectivity index (χ3v) is 5.03. The zero-order valence-corrected chi connectivity index (χ0v) is 13.8. The predicted molar refractivity (Wildman–Crippen MR) is 84.9 cm³/mol. The minimum absolute atomic E-state index is 0.0225. The van der Waals surface area contributed by atoms with E-state index in [4.69, 9.17) is 10.5 Å². The maximum absolute atomic E-state index is 12.3. The molecule has 0 spiro atoms. The van der Waals surface area contributed by atoms with Crippen LogP contribution in [0.25, 0.3) is 0 Å². The normalized spacial score (nSPS) is 11.2. The second-order valence-corrected chi connectivity index (χ2v) is 6.78. The van der Waals surface area contributed by atoms with Crippen LogP contribution < -0.4 is 15.2 Å². The number of methoxy groups -OCH3 is 1. The van der Waals surface area contributed by atoms with Gasteiger partial charge in [0.2, 0.25) is 0 Å². The first-order valence-corrected chi connectivity index (χ1v) is 8.20. The van der Waals surface area contributed by atoms with Crippen molar-refractivity contribution in [2.75, 3.05) is 17.6 Å². The fourth-order valence-electron chi connectivity index (χ4n) is 1.69. The summed E-state index contributed by atoms with van der Waals surface area (Å²) >= 11 is 3.31. The van der Waals surface area contributed by atoms with Crippen molar-refractivity contribution in [1.29, 1.82) is 0 Å². The number of aryl methyl sites for hydroxylation is 1. The number of nitrogens with one attached hydrogen (secondary N) is 1. The first-order chi connectivity index (χ1) is 9.83. The first-order valence-electron chi connectivity index (χ1n) is 5.93. The van der Waals surface area contributed by atoms with E-state index in [1.165, 1.54) is 25.3 Å². The highest BCUT2D eigenvalue weighted by Crippen LogP contribution is 2.26.